The molecule has 7 heteroatoms. The largest absolute Gasteiger partial charge is 0.602 e. The summed E-state index contributed by atoms with van der Waals surface area (Å²) in [4.78, 5) is 0. The molecular weight excluding hydrogens is 218 g/mol. The second-order valence-corrected chi connectivity index (χ2v) is 3.55. The summed E-state index contributed by atoms with van der Waals surface area (Å²) < 4.78 is 50.1. The van der Waals surface area contributed by atoms with Crippen LogP contribution >= 0.6 is 8.19 Å². The number of halogens is 4. The summed E-state index contributed by atoms with van der Waals surface area (Å²) in [5.41, 5.74) is 0. The van der Waals surface area contributed by atoms with Gasteiger partial charge in [0.1, 0.15) is 5.75 Å². The van der Waals surface area contributed by atoms with Crippen molar-refractivity contribution in [1.29, 1.82) is 0 Å². The molecule has 0 bridgehead atoms. The van der Waals surface area contributed by atoms with Crippen molar-refractivity contribution in [3.63, 3.8) is 0 Å². The monoisotopic (exact) mass is 225 g/mol. The predicted octanol–water partition coefficient (Wildman–Crippen LogP) is 3.03. The third-order valence-electron chi connectivity index (χ3n) is 1.35. The third-order valence-corrected chi connectivity index (χ3v) is 2.21. The molecule has 0 amide bonds. The molecule has 0 saturated heterocycles. The maximum atomic E-state index is 12.2. The molecule has 2 radical (unpaired) electrons. The van der Waals surface area contributed by atoms with E-state index in [2.05, 4.69) is 12.9 Å². The quantitative estimate of drug-likeness (QED) is 0.427. The summed E-state index contributed by atoms with van der Waals surface area (Å²) in [5.74, 6) is 0.241. The standard InChI is InChI=1S/C7H7F3OP.BF/c1-11-6-3-2-4-7(5-6)12(8,9)10;1-2/h2-5H,1H3;/q+1;. The van der Waals surface area contributed by atoms with Crippen LogP contribution in [0, 0.1) is 0 Å². The van der Waals surface area contributed by atoms with Gasteiger partial charge in [0.15, 0.2) is 0 Å². The second kappa shape index (κ2) is 5.86. The molecule has 0 unspecified atom stereocenters. The predicted molar refractivity (Wildman–Crippen MR) is 49.7 cm³/mol. The van der Waals surface area contributed by atoms with Crippen LogP contribution in [0.2, 0.25) is 0 Å². The maximum absolute atomic E-state index is 12.2. The minimum atomic E-state index is -5.39. The highest BCUT2D eigenvalue weighted by molar-refractivity contribution is 7.68. The van der Waals surface area contributed by atoms with Crippen LogP contribution in [-0.4, -0.2) is 15.2 Å². The summed E-state index contributed by atoms with van der Waals surface area (Å²) in [6, 6.07) is 4.88. The molecule has 0 spiro atoms. The van der Waals surface area contributed by atoms with Crippen molar-refractivity contribution in [1.82, 2.24) is 0 Å². The molecule has 0 aliphatic heterocycles. The minimum Gasteiger partial charge on any atom is -0.497 e. The Morgan fingerprint density at radius 2 is 1.79 bits per heavy atom. The Hall–Kier alpha value is -0.765. The average molecular weight is 225 g/mol. The first-order valence-corrected chi connectivity index (χ1v) is 4.84. The molecule has 0 N–H and O–H groups in total. The Labute approximate surface area is 81.2 Å². The number of hydrogen-bond donors (Lipinski definition) is 0. The summed E-state index contributed by atoms with van der Waals surface area (Å²) in [7, 11) is -1.05. The molecule has 1 aromatic rings. The van der Waals surface area contributed by atoms with Crippen LogP contribution in [0.1, 0.15) is 0 Å². The van der Waals surface area contributed by atoms with Gasteiger partial charge in [0, 0.05) is 18.7 Å². The Morgan fingerprint density at radius 3 is 2.21 bits per heavy atom. The van der Waals surface area contributed by atoms with Crippen molar-refractivity contribution >= 4 is 21.6 Å². The summed E-state index contributed by atoms with van der Waals surface area (Å²) >= 11 is 0. The molecule has 1 nitrogen and oxygen atoms in total. The fourth-order valence-corrected chi connectivity index (χ4v) is 1.30. The van der Waals surface area contributed by atoms with Gasteiger partial charge in [-0.25, -0.2) is 0 Å². The SMILES string of the molecule is COc1cccc([P+](F)(F)F)c1.[B]F. The van der Waals surface area contributed by atoms with Crippen molar-refractivity contribution in [2.75, 3.05) is 7.11 Å². The Kier molecular flexibility index (Phi) is 5.54. The van der Waals surface area contributed by atoms with Gasteiger partial charge in [-0.2, -0.15) is 0 Å². The van der Waals surface area contributed by atoms with Gasteiger partial charge in [0.05, 0.1) is 7.11 Å². The van der Waals surface area contributed by atoms with Crippen LogP contribution in [0.25, 0.3) is 0 Å². The molecule has 1 rings (SSSR count). The number of benzene rings is 1. The molecule has 0 fully saturated rings. The molecule has 76 valence electrons. The van der Waals surface area contributed by atoms with E-state index in [1.807, 2.05) is 0 Å². The second-order valence-electron chi connectivity index (χ2n) is 2.15. The van der Waals surface area contributed by atoms with Crippen molar-refractivity contribution in [2.24, 2.45) is 0 Å². The zero-order valence-electron chi connectivity index (χ0n) is 7.25. The van der Waals surface area contributed by atoms with Crippen molar-refractivity contribution in [3.8, 4) is 5.75 Å². The average Bonchev–Trinajstić information content (AvgIpc) is 2.20. The lowest BCUT2D eigenvalue weighted by Gasteiger charge is -1.98. The van der Waals surface area contributed by atoms with Gasteiger partial charge >= 0.3 is 16.3 Å². The van der Waals surface area contributed by atoms with Gasteiger partial charge in [-0.15, -0.1) is 0 Å². The molecule has 0 aliphatic carbocycles. The van der Waals surface area contributed by atoms with Gasteiger partial charge in [-0.05, 0) is 12.1 Å². The minimum absolute atomic E-state index is 0.241. The van der Waals surface area contributed by atoms with Crippen LogP contribution < -0.4 is 10.0 Å². The van der Waals surface area contributed by atoms with E-state index in [1.165, 1.54) is 19.2 Å². The molecule has 0 aliphatic rings. The van der Waals surface area contributed by atoms with Gasteiger partial charge in [0.25, 0.3) is 0 Å². The lowest BCUT2D eigenvalue weighted by Crippen LogP contribution is -2.00. The van der Waals surface area contributed by atoms with E-state index in [4.69, 9.17) is 4.32 Å². The van der Waals surface area contributed by atoms with E-state index in [9.17, 15) is 12.6 Å². The topological polar surface area (TPSA) is 9.23 Å². The molecule has 0 saturated carbocycles. The van der Waals surface area contributed by atoms with E-state index in [0.717, 1.165) is 12.1 Å². The van der Waals surface area contributed by atoms with Gasteiger partial charge in [-0.1, -0.05) is 6.07 Å². The summed E-state index contributed by atoms with van der Waals surface area (Å²) in [5, 5.41) is -0.582. The lowest BCUT2D eigenvalue weighted by atomic mass is 10.3. The Bertz CT molecular complexity index is 279. The zero-order valence-corrected chi connectivity index (χ0v) is 8.15. The highest BCUT2D eigenvalue weighted by Gasteiger charge is 2.46. The fourth-order valence-electron chi connectivity index (χ4n) is 0.768. The van der Waals surface area contributed by atoms with Crippen LogP contribution in [0.4, 0.5) is 16.9 Å². The first-order valence-electron chi connectivity index (χ1n) is 3.38. The van der Waals surface area contributed by atoms with Crippen LogP contribution in [-0.2, 0) is 0 Å². The highest BCUT2D eigenvalue weighted by Crippen LogP contribution is 2.63. The maximum Gasteiger partial charge on any atom is 0.602 e. The third kappa shape index (κ3) is 3.96. The molecule has 14 heavy (non-hydrogen) atoms. The Morgan fingerprint density at radius 1 is 1.21 bits per heavy atom. The molecule has 0 aromatic heterocycles. The summed E-state index contributed by atoms with van der Waals surface area (Å²) in [6.45, 7) is 0. The van der Waals surface area contributed by atoms with Crippen molar-refractivity contribution in [2.45, 2.75) is 0 Å². The van der Waals surface area contributed by atoms with E-state index in [1.54, 1.807) is 0 Å². The van der Waals surface area contributed by atoms with Crippen molar-refractivity contribution < 1.29 is 21.6 Å². The zero-order chi connectivity index (χ0) is 11.2. The fraction of sp³-hybridized carbons (Fsp3) is 0.143. The van der Waals surface area contributed by atoms with Gasteiger partial charge in [-0.3, -0.25) is 0 Å². The van der Waals surface area contributed by atoms with Crippen LogP contribution in [0.15, 0.2) is 24.3 Å². The normalized spacial score (nSPS) is 10.1. The van der Waals surface area contributed by atoms with Crippen LogP contribution in [0.5, 0.6) is 5.75 Å². The van der Waals surface area contributed by atoms with E-state index in [0.29, 0.717) is 0 Å². The highest BCUT2D eigenvalue weighted by atomic mass is 31.3. The number of ether oxygens (including phenoxy) is 1. The van der Waals surface area contributed by atoms with Crippen molar-refractivity contribution in [3.05, 3.63) is 24.3 Å². The molecule has 1 aromatic carbocycles. The first-order chi connectivity index (χ1) is 6.54. The first kappa shape index (κ1) is 13.2. The summed E-state index contributed by atoms with van der Waals surface area (Å²) in [6.07, 6.45) is 0. The van der Waals surface area contributed by atoms with Crippen LogP contribution in [0.3, 0.4) is 0 Å². The molecule has 0 atom stereocenters. The molecular formula is C7H7BF4OP+. The number of hydrogen-bond acceptors (Lipinski definition) is 1. The van der Waals surface area contributed by atoms with E-state index >= 15 is 0 Å². The van der Waals surface area contributed by atoms with E-state index < -0.39 is 13.5 Å². The number of rotatable bonds is 2. The Balaban J connectivity index is 0.000000791. The lowest BCUT2D eigenvalue weighted by molar-refractivity contribution is 0.415. The van der Waals surface area contributed by atoms with Gasteiger partial charge in [0.2, 0.25) is 5.30 Å². The smallest absolute Gasteiger partial charge is 0.497 e. The molecule has 0 heterocycles. The van der Waals surface area contributed by atoms with Gasteiger partial charge < -0.3 is 9.05 Å². The van der Waals surface area contributed by atoms with E-state index in [-0.39, 0.29) is 5.75 Å². The number of methoxy groups -OCH3 is 1.